The summed E-state index contributed by atoms with van der Waals surface area (Å²) < 4.78 is 2.12. The predicted octanol–water partition coefficient (Wildman–Crippen LogP) is 1.47. The van der Waals surface area contributed by atoms with Crippen molar-refractivity contribution in [2.75, 3.05) is 0 Å². The highest BCUT2D eigenvalue weighted by Crippen LogP contribution is 2.09. The van der Waals surface area contributed by atoms with E-state index in [0.29, 0.717) is 6.42 Å². The summed E-state index contributed by atoms with van der Waals surface area (Å²) in [5.41, 5.74) is 5.04. The Morgan fingerprint density at radius 1 is 1.67 bits per heavy atom. The number of imidazole rings is 1. The lowest BCUT2D eigenvalue weighted by Gasteiger charge is -2.15. The first-order valence-corrected chi connectivity index (χ1v) is 5.29. The van der Waals surface area contributed by atoms with Crippen LogP contribution in [0.2, 0.25) is 0 Å². The smallest absolute Gasteiger partial charge is 0.108 e. The first-order chi connectivity index (χ1) is 7.09. The van der Waals surface area contributed by atoms with Crippen LogP contribution in [0.4, 0.5) is 0 Å². The van der Waals surface area contributed by atoms with Gasteiger partial charge in [-0.15, -0.1) is 0 Å². The summed E-state index contributed by atoms with van der Waals surface area (Å²) in [6.45, 7) is 4.74. The molecule has 1 atom stereocenters. The molecule has 1 aromatic heterocycles. The number of aryl methyl sites for hydroxylation is 2. The molecule has 0 aromatic carbocycles. The van der Waals surface area contributed by atoms with Crippen LogP contribution in [0.15, 0.2) is 12.4 Å². The number of nitrogens with two attached hydrogens (primary N) is 1. The molecular weight excluding hydrogens is 188 g/mol. The molecule has 2 N–H and O–H groups in total. The lowest BCUT2D eigenvalue weighted by molar-refractivity contribution is 0.483. The average Bonchev–Trinajstić information content (AvgIpc) is 2.65. The molecule has 0 saturated carbocycles. The van der Waals surface area contributed by atoms with E-state index in [9.17, 15) is 0 Å². The monoisotopic (exact) mass is 206 g/mol. The summed E-state index contributed by atoms with van der Waals surface area (Å²) in [6, 6.07) is 2.10. The first kappa shape index (κ1) is 11.7. The Morgan fingerprint density at radius 2 is 2.40 bits per heavy atom. The van der Waals surface area contributed by atoms with Gasteiger partial charge in [-0.3, -0.25) is 0 Å². The highest BCUT2D eigenvalue weighted by molar-refractivity contribution is 5.00. The first-order valence-electron chi connectivity index (χ1n) is 5.29. The van der Waals surface area contributed by atoms with Crippen LogP contribution in [-0.4, -0.2) is 15.1 Å². The zero-order chi connectivity index (χ0) is 11.3. The van der Waals surface area contributed by atoms with E-state index in [1.807, 2.05) is 12.4 Å². The second-order valence-electron chi connectivity index (χ2n) is 4.02. The van der Waals surface area contributed by atoms with Gasteiger partial charge in [0, 0.05) is 25.4 Å². The molecule has 0 aliphatic heterocycles. The van der Waals surface area contributed by atoms with Gasteiger partial charge < -0.3 is 10.3 Å². The minimum atomic E-state index is -0.701. The van der Waals surface area contributed by atoms with Gasteiger partial charge in [0.2, 0.25) is 0 Å². The second kappa shape index (κ2) is 4.94. The quantitative estimate of drug-likeness (QED) is 0.793. The van der Waals surface area contributed by atoms with E-state index in [4.69, 9.17) is 11.0 Å². The summed E-state index contributed by atoms with van der Waals surface area (Å²) in [4.78, 5) is 4.24. The second-order valence-corrected chi connectivity index (χ2v) is 4.02. The Kier molecular flexibility index (Phi) is 3.87. The third kappa shape index (κ3) is 3.37. The Labute approximate surface area is 90.7 Å². The normalized spacial score (nSPS) is 14.5. The van der Waals surface area contributed by atoms with Gasteiger partial charge in [-0.05, 0) is 19.8 Å². The summed E-state index contributed by atoms with van der Waals surface area (Å²) >= 11 is 0. The van der Waals surface area contributed by atoms with Crippen LogP contribution in [0, 0.1) is 11.3 Å². The molecule has 82 valence electrons. The maximum atomic E-state index is 8.76. The molecule has 0 aliphatic carbocycles. The van der Waals surface area contributed by atoms with E-state index in [2.05, 4.69) is 22.5 Å². The zero-order valence-corrected chi connectivity index (χ0v) is 9.40. The SMILES string of the molecule is CCc1nccn1CCCC(C)(N)C#N. The molecule has 0 bridgehead atoms. The fourth-order valence-corrected chi connectivity index (χ4v) is 1.53. The van der Waals surface area contributed by atoms with Crippen molar-refractivity contribution in [1.29, 1.82) is 5.26 Å². The highest BCUT2D eigenvalue weighted by atomic mass is 15.1. The fraction of sp³-hybridized carbons (Fsp3) is 0.636. The third-order valence-corrected chi connectivity index (χ3v) is 2.47. The van der Waals surface area contributed by atoms with Gasteiger partial charge in [-0.25, -0.2) is 4.98 Å². The molecule has 0 amide bonds. The molecule has 0 aliphatic rings. The van der Waals surface area contributed by atoms with Crippen LogP contribution in [0.1, 0.15) is 32.5 Å². The third-order valence-electron chi connectivity index (χ3n) is 2.47. The number of aromatic nitrogens is 2. The van der Waals surface area contributed by atoms with Crippen LogP contribution in [0.25, 0.3) is 0 Å². The number of hydrogen-bond acceptors (Lipinski definition) is 3. The molecule has 1 rings (SSSR count). The van der Waals surface area contributed by atoms with Crippen molar-refractivity contribution in [3.05, 3.63) is 18.2 Å². The van der Waals surface area contributed by atoms with E-state index >= 15 is 0 Å². The van der Waals surface area contributed by atoms with Gasteiger partial charge in [0.15, 0.2) is 0 Å². The molecule has 4 heteroatoms. The predicted molar refractivity (Wildman–Crippen MR) is 59.0 cm³/mol. The maximum Gasteiger partial charge on any atom is 0.108 e. The van der Waals surface area contributed by atoms with Gasteiger partial charge in [-0.1, -0.05) is 6.92 Å². The Balaban J connectivity index is 2.42. The molecule has 0 radical (unpaired) electrons. The Morgan fingerprint density at radius 3 is 3.00 bits per heavy atom. The standard InChI is InChI=1S/C11H18N4/c1-3-10-14-6-8-15(10)7-4-5-11(2,13)9-12/h6,8H,3-5,7,13H2,1-2H3. The van der Waals surface area contributed by atoms with Crippen molar-refractivity contribution in [3.8, 4) is 6.07 Å². The van der Waals surface area contributed by atoms with E-state index in [0.717, 1.165) is 25.2 Å². The number of nitrogens with zero attached hydrogens (tertiary/aromatic N) is 3. The highest BCUT2D eigenvalue weighted by Gasteiger charge is 2.16. The minimum Gasteiger partial charge on any atom is -0.335 e. The molecule has 4 nitrogen and oxygen atoms in total. The average molecular weight is 206 g/mol. The van der Waals surface area contributed by atoms with Crippen LogP contribution < -0.4 is 5.73 Å². The van der Waals surface area contributed by atoms with Crippen molar-refractivity contribution >= 4 is 0 Å². The van der Waals surface area contributed by atoms with Crippen molar-refractivity contribution in [3.63, 3.8) is 0 Å². The molecular formula is C11H18N4. The lowest BCUT2D eigenvalue weighted by Crippen LogP contribution is -2.34. The fourth-order valence-electron chi connectivity index (χ4n) is 1.53. The molecule has 15 heavy (non-hydrogen) atoms. The molecule has 1 unspecified atom stereocenters. The minimum absolute atomic E-state index is 0.701. The number of nitriles is 1. The zero-order valence-electron chi connectivity index (χ0n) is 9.40. The number of rotatable bonds is 5. The Bertz CT molecular complexity index is 346. The van der Waals surface area contributed by atoms with Crippen molar-refractivity contribution in [2.24, 2.45) is 5.73 Å². The molecule has 1 heterocycles. The van der Waals surface area contributed by atoms with Crippen molar-refractivity contribution in [1.82, 2.24) is 9.55 Å². The van der Waals surface area contributed by atoms with Gasteiger partial charge >= 0.3 is 0 Å². The summed E-state index contributed by atoms with van der Waals surface area (Å²) in [5.74, 6) is 1.09. The van der Waals surface area contributed by atoms with Gasteiger partial charge in [0.1, 0.15) is 11.4 Å². The summed E-state index contributed by atoms with van der Waals surface area (Å²) in [7, 11) is 0. The summed E-state index contributed by atoms with van der Waals surface area (Å²) in [5, 5.41) is 8.76. The van der Waals surface area contributed by atoms with Crippen LogP contribution >= 0.6 is 0 Å². The topological polar surface area (TPSA) is 67.6 Å². The Hall–Kier alpha value is -1.34. The molecule has 1 aromatic rings. The van der Waals surface area contributed by atoms with Crippen LogP contribution in [0.3, 0.4) is 0 Å². The molecule has 0 saturated heterocycles. The van der Waals surface area contributed by atoms with Gasteiger partial charge in [0.05, 0.1) is 6.07 Å². The van der Waals surface area contributed by atoms with E-state index in [-0.39, 0.29) is 0 Å². The van der Waals surface area contributed by atoms with Crippen molar-refractivity contribution in [2.45, 2.75) is 45.2 Å². The maximum absolute atomic E-state index is 8.76. The van der Waals surface area contributed by atoms with Crippen LogP contribution in [0.5, 0.6) is 0 Å². The van der Waals surface area contributed by atoms with E-state index < -0.39 is 5.54 Å². The van der Waals surface area contributed by atoms with E-state index in [1.54, 1.807) is 6.92 Å². The summed E-state index contributed by atoms with van der Waals surface area (Å²) in [6.07, 6.45) is 6.34. The van der Waals surface area contributed by atoms with E-state index in [1.165, 1.54) is 0 Å². The van der Waals surface area contributed by atoms with Crippen LogP contribution in [-0.2, 0) is 13.0 Å². The number of hydrogen-bond donors (Lipinski definition) is 1. The largest absolute Gasteiger partial charge is 0.335 e. The van der Waals surface area contributed by atoms with Gasteiger partial charge in [-0.2, -0.15) is 5.26 Å². The molecule has 0 fully saturated rings. The van der Waals surface area contributed by atoms with Gasteiger partial charge in [0.25, 0.3) is 0 Å². The molecule has 0 spiro atoms. The van der Waals surface area contributed by atoms with Crippen molar-refractivity contribution < 1.29 is 0 Å². The lowest BCUT2D eigenvalue weighted by atomic mass is 9.99.